The highest BCUT2D eigenvalue weighted by Crippen LogP contribution is 2.19. The highest BCUT2D eigenvalue weighted by Gasteiger charge is 2.15. The largest absolute Gasteiger partial charge is 0.475 e. The molecule has 2 N–H and O–H groups in total. The van der Waals surface area contributed by atoms with Gasteiger partial charge in [-0.1, -0.05) is 17.7 Å². The molecular weight excluding hydrogens is 454 g/mol. The van der Waals surface area contributed by atoms with Crippen molar-refractivity contribution >= 4 is 33.2 Å². The second kappa shape index (κ2) is 10.9. The Kier molecular flexibility index (Phi) is 8.04. The Balaban J connectivity index is 1.56. The summed E-state index contributed by atoms with van der Waals surface area (Å²) >= 11 is 5.81. The SMILES string of the molecule is COCCOc1ccc(CNC(=O)c2ccc(S(=O)(=O)Nc3ccc(Cl)cc3)cc2)cn1. The summed E-state index contributed by atoms with van der Waals surface area (Å²) in [7, 11) is -2.20. The number of benzene rings is 2. The van der Waals surface area contributed by atoms with Crippen LogP contribution in [0, 0.1) is 0 Å². The minimum Gasteiger partial charge on any atom is -0.475 e. The number of anilines is 1. The van der Waals surface area contributed by atoms with E-state index in [1.54, 1.807) is 49.7 Å². The van der Waals surface area contributed by atoms with E-state index in [4.69, 9.17) is 21.1 Å². The topological polar surface area (TPSA) is 107 Å². The number of nitrogens with zero attached hydrogens (tertiary/aromatic N) is 1. The quantitative estimate of drug-likeness (QED) is 0.435. The molecule has 10 heteroatoms. The third kappa shape index (κ3) is 6.68. The molecule has 0 bridgehead atoms. The zero-order valence-electron chi connectivity index (χ0n) is 17.2. The number of pyridine rings is 1. The number of nitrogens with one attached hydrogen (secondary N) is 2. The van der Waals surface area contributed by atoms with Gasteiger partial charge in [-0.2, -0.15) is 0 Å². The van der Waals surface area contributed by atoms with Crippen LogP contribution in [-0.2, 0) is 21.3 Å². The molecule has 0 fully saturated rings. The molecule has 0 aliphatic heterocycles. The van der Waals surface area contributed by atoms with Crippen LogP contribution in [0.15, 0.2) is 71.8 Å². The van der Waals surface area contributed by atoms with E-state index >= 15 is 0 Å². The fraction of sp³-hybridized carbons (Fsp3) is 0.182. The number of rotatable bonds is 10. The fourth-order valence-corrected chi connectivity index (χ4v) is 3.82. The zero-order chi connectivity index (χ0) is 23.0. The van der Waals surface area contributed by atoms with E-state index in [1.165, 1.54) is 24.3 Å². The molecule has 0 radical (unpaired) electrons. The van der Waals surface area contributed by atoms with Gasteiger partial charge in [-0.15, -0.1) is 0 Å². The lowest BCUT2D eigenvalue weighted by Crippen LogP contribution is -2.23. The predicted octanol–water partition coefficient (Wildman–Crippen LogP) is 3.49. The van der Waals surface area contributed by atoms with Gasteiger partial charge < -0.3 is 14.8 Å². The van der Waals surface area contributed by atoms with Crippen molar-refractivity contribution in [3.05, 3.63) is 83.0 Å². The van der Waals surface area contributed by atoms with Crippen LogP contribution in [0.25, 0.3) is 0 Å². The van der Waals surface area contributed by atoms with E-state index in [1.807, 2.05) is 0 Å². The van der Waals surface area contributed by atoms with Crippen molar-refractivity contribution in [1.29, 1.82) is 0 Å². The Morgan fingerprint density at radius 2 is 1.72 bits per heavy atom. The van der Waals surface area contributed by atoms with Crippen molar-refractivity contribution in [2.45, 2.75) is 11.4 Å². The van der Waals surface area contributed by atoms with E-state index in [9.17, 15) is 13.2 Å². The number of ether oxygens (including phenoxy) is 2. The minimum absolute atomic E-state index is 0.0391. The maximum Gasteiger partial charge on any atom is 0.261 e. The van der Waals surface area contributed by atoms with Gasteiger partial charge in [0, 0.05) is 42.2 Å². The first-order chi connectivity index (χ1) is 15.4. The molecule has 1 amide bonds. The smallest absolute Gasteiger partial charge is 0.261 e. The molecule has 0 saturated heterocycles. The number of sulfonamides is 1. The van der Waals surface area contributed by atoms with Crippen LogP contribution in [0.5, 0.6) is 5.88 Å². The lowest BCUT2D eigenvalue weighted by atomic mass is 10.2. The van der Waals surface area contributed by atoms with Gasteiger partial charge in [-0.3, -0.25) is 9.52 Å². The van der Waals surface area contributed by atoms with Gasteiger partial charge in [0.2, 0.25) is 5.88 Å². The summed E-state index contributed by atoms with van der Waals surface area (Å²) in [5.74, 6) is 0.140. The third-order valence-electron chi connectivity index (χ3n) is 4.31. The molecule has 0 aliphatic rings. The Hall–Kier alpha value is -3.14. The fourth-order valence-electron chi connectivity index (χ4n) is 2.63. The molecule has 2 aromatic carbocycles. The van der Waals surface area contributed by atoms with Gasteiger partial charge in [0.15, 0.2) is 0 Å². The molecule has 1 heterocycles. The van der Waals surface area contributed by atoms with Crippen molar-refractivity contribution < 1.29 is 22.7 Å². The average Bonchev–Trinajstić information content (AvgIpc) is 2.80. The standard InChI is InChI=1S/C22H22ClN3O5S/c1-30-12-13-31-21-11-2-16(14-24-21)15-25-22(27)17-3-9-20(10-4-17)32(28,29)26-19-7-5-18(23)6-8-19/h2-11,14,26H,12-13,15H2,1H3,(H,25,27). The van der Waals surface area contributed by atoms with Crippen molar-refractivity contribution in [2.24, 2.45) is 0 Å². The highest BCUT2D eigenvalue weighted by molar-refractivity contribution is 7.92. The van der Waals surface area contributed by atoms with Gasteiger partial charge >= 0.3 is 0 Å². The summed E-state index contributed by atoms with van der Waals surface area (Å²) in [6.45, 7) is 1.14. The van der Waals surface area contributed by atoms with Gasteiger partial charge in [0.1, 0.15) is 6.61 Å². The minimum atomic E-state index is -3.79. The second-order valence-corrected chi connectivity index (χ2v) is 8.78. The Labute approximate surface area is 191 Å². The van der Waals surface area contributed by atoms with E-state index < -0.39 is 10.0 Å². The van der Waals surface area contributed by atoms with E-state index in [0.717, 1.165) is 5.56 Å². The summed E-state index contributed by atoms with van der Waals surface area (Å²) in [5.41, 5.74) is 1.52. The molecule has 1 aromatic heterocycles. The van der Waals surface area contributed by atoms with Crippen LogP contribution >= 0.6 is 11.6 Å². The first-order valence-corrected chi connectivity index (χ1v) is 11.5. The molecule has 0 aliphatic carbocycles. The normalized spacial score (nSPS) is 11.1. The van der Waals surface area contributed by atoms with Gasteiger partial charge in [-0.25, -0.2) is 13.4 Å². The average molecular weight is 476 g/mol. The molecule has 168 valence electrons. The molecule has 3 aromatic rings. The Morgan fingerprint density at radius 3 is 2.34 bits per heavy atom. The van der Waals surface area contributed by atoms with Crippen LogP contribution in [0.2, 0.25) is 5.02 Å². The number of halogens is 1. The van der Waals surface area contributed by atoms with Crippen LogP contribution < -0.4 is 14.8 Å². The van der Waals surface area contributed by atoms with E-state index in [2.05, 4.69) is 15.0 Å². The Morgan fingerprint density at radius 1 is 1.00 bits per heavy atom. The molecular formula is C22H22ClN3O5S. The second-order valence-electron chi connectivity index (χ2n) is 6.67. The highest BCUT2D eigenvalue weighted by atomic mass is 35.5. The number of carbonyl (C=O) groups is 1. The summed E-state index contributed by atoms with van der Waals surface area (Å²) in [6.07, 6.45) is 1.61. The molecule has 32 heavy (non-hydrogen) atoms. The monoisotopic (exact) mass is 475 g/mol. The lowest BCUT2D eigenvalue weighted by molar-refractivity contribution is 0.0950. The van der Waals surface area contributed by atoms with Gasteiger partial charge in [0.05, 0.1) is 11.5 Å². The third-order valence-corrected chi connectivity index (χ3v) is 5.96. The predicted molar refractivity (Wildman–Crippen MR) is 121 cm³/mol. The number of amides is 1. The molecule has 0 saturated carbocycles. The summed E-state index contributed by atoms with van der Waals surface area (Å²) in [5, 5.41) is 3.28. The molecule has 0 spiro atoms. The van der Waals surface area contributed by atoms with Crippen molar-refractivity contribution in [1.82, 2.24) is 10.3 Å². The molecule has 0 atom stereocenters. The summed E-state index contributed by atoms with van der Waals surface area (Å²) < 4.78 is 37.8. The lowest BCUT2D eigenvalue weighted by Gasteiger charge is -2.10. The first-order valence-electron chi connectivity index (χ1n) is 9.61. The molecule has 8 nitrogen and oxygen atoms in total. The van der Waals surface area contributed by atoms with Crippen molar-refractivity contribution in [2.75, 3.05) is 25.0 Å². The van der Waals surface area contributed by atoms with E-state index in [-0.39, 0.29) is 17.3 Å². The maximum atomic E-state index is 12.5. The summed E-state index contributed by atoms with van der Waals surface area (Å²) in [4.78, 5) is 16.6. The van der Waals surface area contributed by atoms with Crippen LogP contribution in [0.4, 0.5) is 5.69 Å². The van der Waals surface area contributed by atoms with E-state index in [0.29, 0.717) is 35.4 Å². The number of methoxy groups -OCH3 is 1. The number of hydrogen-bond donors (Lipinski definition) is 2. The van der Waals surface area contributed by atoms with Crippen LogP contribution in [0.1, 0.15) is 15.9 Å². The van der Waals surface area contributed by atoms with Crippen molar-refractivity contribution in [3.8, 4) is 5.88 Å². The number of hydrogen-bond acceptors (Lipinski definition) is 6. The van der Waals surface area contributed by atoms with Crippen LogP contribution in [0.3, 0.4) is 0 Å². The zero-order valence-corrected chi connectivity index (χ0v) is 18.8. The number of carbonyl (C=O) groups excluding carboxylic acids is 1. The van der Waals surface area contributed by atoms with Crippen LogP contribution in [-0.4, -0.2) is 39.6 Å². The van der Waals surface area contributed by atoms with Gasteiger partial charge in [0.25, 0.3) is 15.9 Å². The Bertz CT molecular complexity index is 1140. The molecule has 3 rings (SSSR count). The summed E-state index contributed by atoms with van der Waals surface area (Å²) in [6, 6.07) is 15.5. The van der Waals surface area contributed by atoms with Crippen molar-refractivity contribution in [3.63, 3.8) is 0 Å². The maximum absolute atomic E-state index is 12.5. The molecule has 0 unspecified atom stereocenters. The van der Waals surface area contributed by atoms with Gasteiger partial charge in [-0.05, 0) is 54.1 Å². The number of aromatic nitrogens is 1. The first kappa shape index (κ1) is 23.5.